The molecule has 2 N–H and O–H groups in total. The van der Waals surface area contributed by atoms with Gasteiger partial charge in [-0.05, 0) is 49.2 Å². The topological polar surface area (TPSA) is 70.9 Å². The van der Waals surface area contributed by atoms with E-state index in [0.717, 1.165) is 5.75 Å². The molecule has 0 bridgehead atoms. The van der Waals surface area contributed by atoms with Gasteiger partial charge < -0.3 is 9.84 Å². The molecule has 1 amide bonds. The summed E-state index contributed by atoms with van der Waals surface area (Å²) in [5.74, 6) is 0.980. The van der Waals surface area contributed by atoms with Crippen molar-refractivity contribution in [3.05, 3.63) is 59.7 Å². The Morgan fingerprint density at radius 1 is 1.17 bits per heavy atom. The van der Waals surface area contributed by atoms with E-state index >= 15 is 0 Å². The van der Waals surface area contributed by atoms with E-state index in [-0.39, 0.29) is 11.7 Å². The Morgan fingerprint density at radius 2 is 1.83 bits per heavy atom. The van der Waals surface area contributed by atoms with E-state index in [4.69, 9.17) is 4.74 Å². The summed E-state index contributed by atoms with van der Waals surface area (Å²) in [5.41, 5.74) is 4.08. The third-order valence-corrected chi connectivity index (χ3v) is 3.32. The SMILES string of the molecule is C/C(=N\NC(=O)c1ccc(OCC(C)C)cc1)c1ccccc1O. The predicted octanol–water partition coefficient (Wildman–Crippen LogP) is 3.58. The minimum atomic E-state index is -0.319. The second kappa shape index (κ2) is 8.15. The Labute approximate surface area is 142 Å². The van der Waals surface area contributed by atoms with Crippen LogP contribution < -0.4 is 10.2 Å². The van der Waals surface area contributed by atoms with E-state index < -0.39 is 0 Å². The maximum atomic E-state index is 12.1. The molecular formula is C19H22N2O3. The zero-order valence-electron chi connectivity index (χ0n) is 14.1. The lowest BCUT2D eigenvalue weighted by Crippen LogP contribution is -2.19. The smallest absolute Gasteiger partial charge is 0.271 e. The first-order valence-corrected chi connectivity index (χ1v) is 7.83. The first-order valence-electron chi connectivity index (χ1n) is 7.83. The number of rotatable bonds is 6. The molecule has 24 heavy (non-hydrogen) atoms. The van der Waals surface area contributed by atoms with Crippen molar-refractivity contribution >= 4 is 11.6 Å². The van der Waals surface area contributed by atoms with Crippen molar-refractivity contribution in [1.82, 2.24) is 5.43 Å². The molecule has 0 aliphatic carbocycles. The van der Waals surface area contributed by atoms with Gasteiger partial charge in [0.1, 0.15) is 11.5 Å². The highest BCUT2D eigenvalue weighted by Gasteiger charge is 2.07. The first-order chi connectivity index (χ1) is 11.5. The average Bonchev–Trinajstić information content (AvgIpc) is 2.58. The molecule has 5 heteroatoms. The number of carbonyl (C=O) groups excluding carboxylic acids is 1. The monoisotopic (exact) mass is 326 g/mol. The zero-order valence-corrected chi connectivity index (χ0v) is 14.1. The fourth-order valence-electron chi connectivity index (χ4n) is 2.00. The highest BCUT2D eigenvalue weighted by Crippen LogP contribution is 2.16. The number of hydrogen-bond donors (Lipinski definition) is 2. The summed E-state index contributed by atoms with van der Waals surface area (Å²) in [5, 5.41) is 13.8. The summed E-state index contributed by atoms with van der Waals surface area (Å²) < 4.78 is 5.58. The molecule has 5 nitrogen and oxygen atoms in total. The third-order valence-electron chi connectivity index (χ3n) is 3.32. The van der Waals surface area contributed by atoms with E-state index in [1.165, 1.54) is 0 Å². The van der Waals surface area contributed by atoms with Crippen LogP contribution in [0.3, 0.4) is 0 Å². The molecule has 0 spiro atoms. The van der Waals surface area contributed by atoms with Crippen molar-refractivity contribution in [1.29, 1.82) is 0 Å². The van der Waals surface area contributed by atoms with Gasteiger partial charge in [0.15, 0.2) is 0 Å². The van der Waals surface area contributed by atoms with Gasteiger partial charge in [-0.1, -0.05) is 26.0 Å². The fourth-order valence-corrected chi connectivity index (χ4v) is 2.00. The quantitative estimate of drug-likeness (QED) is 0.629. The van der Waals surface area contributed by atoms with Crippen LogP contribution in [0.2, 0.25) is 0 Å². The number of hydrazone groups is 1. The van der Waals surface area contributed by atoms with Crippen LogP contribution in [-0.4, -0.2) is 23.3 Å². The first kappa shape index (κ1) is 17.5. The Kier molecular flexibility index (Phi) is 5.95. The molecule has 0 saturated heterocycles. The number of phenolic OH excluding ortho intramolecular Hbond substituents is 1. The lowest BCUT2D eigenvalue weighted by molar-refractivity contribution is 0.0954. The summed E-state index contributed by atoms with van der Waals surface area (Å²) in [4.78, 5) is 12.1. The zero-order chi connectivity index (χ0) is 17.5. The fraction of sp³-hybridized carbons (Fsp3) is 0.263. The van der Waals surface area contributed by atoms with Crippen molar-refractivity contribution < 1.29 is 14.6 Å². The van der Waals surface area contributed by atoms with Crippen LogP contribution in [-0.2, 0) is 0 Å². The van der Waals surface area contributed by atoms with E-state index in [1.54, 1.807) is 55.5 Å². The third kappa shape index (κ3) is 4.84. The second-order valence-electron chi connectivity index (χ2n) is 5.88. The van der Waals surface area contributed by atoms with Gasteiger partial charge in [-0.2, -0.15) is 5.10 Å². The maximum absolute atomic E-state index is 12.1. The van der Waals surface area contributed by atoms with Gasteiger partial charge in [-0.25, -0.2) is 5.43 Å². The lowest BCUT2D eigenvalue weighted by Gasteiger charge is -2.09. The van der Waals surface area contributed by atoms with Gasteiger partial charge in [-0.3, -0.25) is 4.79 Å². The van der Waals surface area contributed by atoms with Gasteiger partial charge in [0.25, 0.3) is 5.91 Å². The lowest BCUT2D eigenvalue weighted by atomic mass is 10.1. The van der Waals surface area contributed by atoms with Crippen LogP contribution in [0.15, 0.2) is 53.6 Å². The number of nitrogens with zero attached hydrogens (tertiary/aromatic N) is 1. The van der Waals surface area contributed by atoms with Crippen LogP contribution in [0.5, 0.6) is 11.5 Å². The molecule has 2 aromatic rings. The van der Waals surface area contributed by atoms with Gasteiger partial charge in [0.2, 0.25) is 0 Å². The van der Waals surface area contributed by atoms with E-state index in [9.17, 15) is 9.90 Å². The Balaban J connectivity index is 1.99. The molecule has 0 heterocycles. The number of nitrogens with one attached hydrogen (secondary N) is 1. The number of benzene rings is 2. The number of ether oxygens (including phenoxy) is 1. The molecular weight excluding hydrogens is 304 g/mol. The van der Waals surface area contributed by atoms with Gasteiger partial charge >= 0.3 is 0 Å². The molecule has 0 fully saturated rings. The van der Waals surface area contributed by atoms with Crippen LogP contribution in [0, 0.1) is 5.92 Å². The average molecular weight is 326 g/mol. The van der Waals surface area contributed by atoms with Crippen molar-refractivity contribution in [3.8, 4) is 11.5 Å². The van der Waals surface area contributed by atoms with Crippen molar-refractivity contribution in [2.75, 3.05) is 6.61 Å². The molecule has 0 saturated carbocycles. The number of para-hydroxylation sites is 1. The van der Waals surface area contributed by atoms with Crippen LogP contribution in [0.4, 0.5) is 0 Å². The molecule has 0 unspecified atom stereocenters. The van der Waals surface area contributed by atoms with Crippen molar-refractivity contribution in [2.45, 2.75) is 20.8 Å². The Bertz CT molecular complexity index is 722. The minimum Gasteiger partial charge on any atom is -0.507 e. The highest BCUT2D eigenvalue weighted by atomic mass is 16.5. The van der Waals surface area contributed by atoms with E-state index in [1.807, 2.05) is 0 Å². The summed E-state index contributed by atoms with van der Waals surface area (Å²) in [6, 6.07) is 13.7. The van der Waals surface area contributed by atoms with Gasteiger partial charge in [-0.15, -0.1) is 0 Å². The largest absolute Gasteiger partial charge is 0.507 e. The summed E-state index contributed by atoms with van der Waals surface area (Å²) >= 11 is 0. The standard InChI is InChI=1S/C19H22N2O3/c1-13(2)12-24-16-10-8-15(9-11-16)19(23)21-20-14(3)17-6-4-5-7-18(17)22/h4-11,13,22H,12H2,1-3H3,(H,21,23)/b20-14+. The molecule has 0 aromatic heterocycles. The van der Waals surface area contributed by atoms with Gasteiger partial charge in [0.05, 0.1) is 12.3 Å². The molecule has 126 valence electrons. The maximum Gasteiger partial charge on any atom is 0.271 e. The van der Waals surface area contributed by atoms with Crippen molar-refractivity contribution in [2.24, 2.45) is 11.0 Å². The summed E-state index contributed by atoms with van der Waals surface area (Å²) in [6.07, 6.45) is 0. The molecule has 0 atom stereocenters. The minimum absolute atomic E-state index is 0.125. The van der Waals surface area contributed by atoms with E-state index in [0.29, 0.717) is 29.4 Å². The summed E-state index contributed by atoms with van der Waals surface area (Å²) in [6.45, 7) is 6.51. The highest BCUT2D eigenvalue weighted by molar-refractivity contribution is 6.02. The number of hydrogen-bond acceptors (Lipinski definition) is 4. The molecule has 2 rings (SSSR count). The Morgan fingerprint density at radius 3 is 2.46 bits per heavy atom. The normalized spacial score (nSPS) is 11.4. The molecule has 2 aromatic carbocycles. The number of aromatic hydroxyl groups is 1. The summed E-state index contributed by atoms with van der Waals surface area (Å²) in [7, 11) is 0. The van der Waals surface area contributed by atoms with Crippen molar-refractivity contribution in [3.63, 3.8) is 0 Å². The molecule has 0 aliphatic rings. The number of phenols is 1. The predicted molar refractivity (Wildman–Crippen MR) is 94.6 cm³/mol. The van der Waals surface area contributed by atoms with Crippen LogP contribution >= 0.6 is 0 Å². The Hall–Kier alpha value is -2.82. The number of amides is 1. The van der Waals surface area contributed by atoms with Gasteiger partial charge in [0, 0.05) is 11.1 Å². The number of carbonyl (C=O) groups is 1. The van der Waals surface area contributed by atoms with Crippen LogP contribution in [0.1, 0.15) is 36.7 Å². The molecule has 0 radical (unpaired) electrons. The second-order valence-corrected chi connectivity index (χ2v) is 5.88. The van der Waals surface area contributed by atoms with E-state index in [2.05, 4.69) is 24.4 Å². The molecule has 0 aliphatic heterocycles. The van der Waals surface area contributed by atoms with Crippen LogP contribution in [0.25, 0.3) is 0 Å².